The van der Waals surface area contributed by atoms with Crippen LogP contribution in [-0.4, -0.2) is 76.9 Å². The molecule has 3 N–H and O–H groups in total. The average molecular weight is 699 g/mol. The highest BCUT2D eigenvalue weighted by molar-refractivity contribution is 6.36. The minimum absolute atomic E-state index is 0.0110. The maximum Gasteiger partial charge on any atom is 0.262 e. The highest BCUT2D eigenvalue weighted by atomic mass is 35.5. The summed E-state index contributed by atoms with van der Waals surface area (Å²) in [4.78, 5) is 35.0. The first-order chi connectivity index (χ1) is 21.6. The van der Waals surface area contributed by atoms with Crippen LogP contribution in [-0.2, 0) is 14.4 Å². The zero-order chi connectivity index (χ0) is 32.3. The van der Waals surface area contributed by atoms with E-state index in [0.29, 0.717) is 45.3 Å². The van der Waals surface area contributed by atoms with E-state index in [0.717, 1.165) is 56.8 Å². The number of nitrogen functional groups attached to an aromatic ring is 1. The van der Waals surface area contributed by atoms with E-state index in [4.69, 9.17) is 52.1 Å². The molecular formula is C32H40Cl4N6O3. The first kappa shape index (κ1) is 35.3. The Morgan fingerprint density at radius 1 is 0.644 bits per heavy atom. The third-order valence-corrected chi connectivity index (χ3v) is 9.03. The molecule has 9 nitrogen and oxygen atoms in total. The van der Waals surface area contributed by atoms with E-state index < -0.39 is 0 Å². The number of carbonyl (C=O) groups excluding carboxylic acids is 3. The number of Topliss-reactive ketones (excluding diaryl/α,β-unsaturated/α-hetero) is 1. The lowest BCUT2D eigenvalue weighted by molar-refractivity contribution is -0.157. The highest BCUT2D eigenvalue weighted by Gasteiger charge is 2.29. The molecule has 2 aromatic rings. The molecule has 0 aromatic heterocycles. The molecule has 0 atom stereocenters. The van der Waals surface area contributed by atoms with Crippen molar-refractivity contribution in [3.05, 3.63) is 68.3 Å². The van der Waals surface area contributed by atoms with Crippen molar-refractivity contribution in [2.75, 3.05) is 50.3 Å². The molecule has 13 heteroatoms. The predicted molar refractivity (Wildman–Crippen MR) is 182 cm³/mol. The van der Waals surface area contributed by atoms with E-state index >= 15 is 0 Å². The highest BCUT2D eigenvalue weighted by Crippen LogP contribution is 2.28. The molecule has 4 heterocycles. The fraction of sp³-hybridized carbons (Fsp3) is 0.469. The fourth-order valence-corrected chi connectivity index (χ4v) is 6.38. The summed E-state index contributed by atoms with van der Waals surface area (Å²) >= 11 is 23.2. The Morgan fingerprint density at radius 3 is 1.73 bits per heavy atom. The minimum Gasteiger partial charge on any atom is -0.398 e. The molecule has 0 aliphatic carbocycles. The smallest absolute Gasteiger partial charge is 0.262 e. The van der Waals surface area contributed by atoms with Gasteiger partial charge in [-0.05, 0) is 62.1 Å². The van der Waals surface area contributed by atoms with E-state index in [1.165, 1.54) is 25.7 Å². The molecule has 0 bridgehead atoms. The lowest BCUT2D eigenvalue weighted by Crippen LogP contribution is -2.52. The zero-order valence-electron chi connectivity index (χ0n) is 25.3. The van der Waals surface area contributed by atoms with Crippen molar-refractivity contribution in [2.24, 2.45) is 0 Å². The van der Waals surface area contributed by atoms with Gasteiger partial charge in [0.2, 0.25) is 5.91 Å². The number of carbonyl (C=O) groups is 3. The second kappa shape index (κ2) is 17.4. The van der Waals surface area contributed by atoms with Crippen LogP contribution in [0.5, 0.6) is 0 Å². The Hall–Kier alpha value is -2.53. The Balaban J connectivity index is 0.000000171. The van der Waals surface area contributed by atoms with Gasteiger partial charge in [-0.25, -0.2) is 10.0 Å². The fourth-order valence-electron chi connectivity index (χ4n) is 5.52. The van der Waals surface area contributed by atoms with Crippen LogP contribution in [0.15, 0.2) is 48.2 Å². The third-order valence-electron chi connectivity index (χ3n) is 7.92. The first-order valence-electron chi connectivity index (χ1n) is 15.4. The number of hydrogen-bond acceptors (Lipinski definition) is 7. The summed E-state index contributed by atoms with van der Waals surface area (Å²) in [5.41, 5.74) is 7.62. The number of ketones is 1. The Morgan fingerprint density at radius 2 is 1.20 bits per heavy atom. The standard InChI is InChI=1S/C16H19Cl2N3O.C10H16N2O2.C6H5Cl2N/c17-12-4-5-15(14(18)10-12)19-13-6-9-21(16(22)11-13)20-7-2-1-3-8-20;13-9-4-7-12(10(14)8-9)11-5-2-1-3-6-11;7-4-1-2-6(9)5(8)3-4/h4-5,10-11,19H,1-3,6-9H2;1-8H2;1-3H,9H2. The van der Waals surface area contributed by atoms with Crippen LogP contribution >= 0.6 is 46.4 Å². The SMILES string of the molecule is Nc1ccc(Cl)cc1Cl.O=C1C=C(Nc2ccc(Cl)cc2Cl)CCN1N1CCCCC1.O=C1CCN(N2CCCCC2)C(=O)C1. The molecule has 0 radical (unpaired) electrons. The minimum atomic E-state index is -0.0110. The molecule has 244 valence electrons. The van der Waals surface area contributed by atoms with Crippen LogP contribution in [0.2, 0.25) is 20.1 Å². The van der Waals surface area contributed by atoms with Crippen LogP contribution < -0.4 is 11.1 Å². The molecule has 0 unspecified atom stereocenters. The van der Waals surface area contributed by atoms with Crippen LogP contribution in [0.4, 0.5) is 11.4 Å². The molecule has 3 fully saturated rings. The van der Waals surface area contributed by atoms with Crippen molar-refractivity contribution >= 4 is 75.4 Å². The Bertz CT molecular complexity index is 1380. The van der Waals surface area contributed by atoms with Gasteiger partial charge in [0.1, 0.15) is 5.78 Å². The number of piperidine rings is 3. The molecular weight excluding hydrogens is 658 g/mol. The maximum absolute atomic E-state index is 12.3. The summed E-state index contributed by atoms with van der Waals surface area (Å²) in [6.45, 7) is 5.21. The topological polar surface area (TPSA) is 102 Å². The number of nitrogens with zero attached hydrogens (tertiary/aromatic N) is 4. The molecule has 4 aliphatic rings. The predicted octanol–water partition coefficient (Wildman–Crippen LogP) is 7.08. The van der Waals surface area contributed by atoms with E-state index in [-0.39, 0.29) is 24.0 Å². The number of hydrazine groups is 2. The quantitative estimate of drug-likeness (QED) is 0.260. The number of halogens is 4. The van der Waals surface area contributed by atoms with E-state index in [1.807, 2.05) is 11.1 Å². The number of benzene rings is 2. The van der Waals surface area contributed by atoms with Gasteiger partial charge in [0.05, 0.1) is 27.8 Å². The Kier molecular flexibility index (Phi) is 13.7. The Labute approximate surface area is 285 Å². The summed E-state index contributed by atoms with van der Waals surface area (Å²) in [5.74, 6) is 0.118. The van der Waals surface area contributed by atoms with Gasteiger partial charge in [-0.3, -0.25) is 24.4 Å². The molecule has 0 spiro atoms. The van der Waals surface area contributed by atoms with Gasteiger partial charge < -0.3 is 11.1 Å². The van der Waals surface area contributed by atoms with Crippen molar-refractivity contribution < 1.29 is 14.4 Å². The number of hydrogen-bond donors (Lipinski definition) is 2. The summed E-state index contributed by atoms with van der Waals surface area (Å²) in [6, 6.07) is 10.3. The van der Waals surface area contributed by atoms with Crippen LogP contribution in [0.1, 0.15) is 57.8 Å². The molecule has 45 heavy (non-hydrogen) atoms. The number of nitrogens with two attached hydrogens (primary N) is 1. The maximum atomic E-state index is 12.3. The van der Waals surface area contributed by atoms with Gasteiger partial charge in [0.25, 0.3) is 5.91 Å². The molecule has 3 saturated heterocycles. The van der Waals surface area contributed by atoms with Gasteiger partial charge in [-0.2, -0.15) is 0 Å². The van der Waals surface area contributed by atoms with Crippen LogP contribution in [0, 0.1) is 0 Å². The van der Waals surface area contributed by atoms with E-state index in [1.54, 1.807) is 41.4 Å². The summed E-state index contributed by atoms with van der Waals surface area (Å²) in [7, 11) is 0. The van der Waals surface area contributed by atoms with Gasteiger partial charge in [0, 0.05) is 73.9 Å². The van der Waals surface area contributed by atoms with Crippen molar-refractivity contribution in [3.8, 4) is 0 Å². The van der Waals surface area contributed by atoms with Crippen LogP contribution in [0.3, 0.4) is 0 Å². The van der Waals surface area contributed by atoms with Gasteiger partial charge >= 0.3 is 0 Å². The second-order valence-corrected chi connectivity index (χ2v) is 13.0. The van der Waals surface area contributed by atoms with Gasteiger partial charge in [-0.1, -0.05) is 59.2 Å². The van der Waals surface area contributed by atoms with Crippen molar-refractivity contribution in [2.45, 2.75) is 57.8 Å². The molecule has 6 rings (SSSR count). The summed E-state index contributed by atoms with van der Waals surface area (Å²) < 4.78 is 0. The van der Waals surface area contributed by atoms with E-state index in [2.05, 4.69) is 15.3 Å². The molecule has 0 saturated carbocycles. The average Bonchev–Trinajstić information content (AvgIpc) is 3.02. The lowest BCUT2D eigenvalue weighted by Gasteiger charge is -2.39. The van der Waals surface area contributed by atoms with Crippen molar-refractivity contribution in [3.63, 3.8) is 0 Å². The second-order valence-electron chi connectivity index (χ2n) is 11.3. The van der Waals surface area contributed by atoms with Crippen LogP contribution in [0.25, 0.3) is 0 Å². The number of nitrogens with one attached hydrogen (secondary N) is 1. The largest absolute Gasteiger partial charge is 0.398 e. The molecule has 2 aromatic carbocycles. The first-order valence-corrected chi connectivity index (χ1v) is 16.9. The summed E-state index contributed by atoms with van der Waals surface area (Å²) in [6.07, 6.45) is 10.3. The number of rotatable bonds is 4. The summed E-state index contributed by atoms with van der Waals surface area (Å²) in [5, 5.41) is 13.4. The zero-order valence-corrected chi connectivity index (χ0v) is 28.3. The third kappa shape index (κ3) is 10.8. The number of anilines is 2. The number of amides is 2. The monoisotopic (exact) mass is 696 g/mol. The van der Waals surface area contributed by atoms with E-state index in [9.17, 15) is 14.4 Å². The lowest BCUT2D eigenvalue weighted by atomic mass is 10.1. The molecule has 4 aliphatic heterocycles. The van der Waals surface area contributed by atoms with Crippen molar-refractivity contribution in [1.82, 2.24) is 20.0 Å². The van der Waals surface area contributed by atoms with Crippen molar-refractivity contribution in [1.29, 1.82) is 0 Å². The normalized spacial score (nSPS) is 19.6. The van der Waals surface area contributed by atoms with Gasteiger partial charge in [-0.15, -0.1) is 0 Å². The van der Waals surface area contributed by atoms with Gasteiger partial charge in [0.15, 0.2) is 0 Å². The molecule has 2 amide bonds.